The normalized spacial score (nSPS) is 40.2. The summed E-state index contributed by atoms with van der Waals surface area (Å²) in [4.78, 5) is 24.1. The summed E-state index contributed by atoms with van der Waals surface area (Å²) in [6.07, 6.45) is 21.2. The van der Waals surface area contributed by atoms with Gasteiger partial charge in [0.25, 0.3) is 0 Å². The van der Waals surface area contributed by atoms with Gasteiger partial charge in [0.15, 0.2) is 0 Å². The van der Waals surface area contributed by atoms with Crippen molar-refractivity contribution >= 4 is 11.9 Å². The van der Waals surface area contributed by atoms with Gasteiger partial charge in [0, 0.05) is 19.3 Å². The maximum absolute atomic E-state index is 12.4. The molecule has 36 heavy (non-hydrogen) atoms. The number of methoxy groups -OCH3 is 1. The van der Waals surface area contributed by atoms with Gasteiger partial charge in [-0.05, 0) is 123 Å². The summed E-state index contributed by atoms with van der Waals surface area (Å²) in [5, 5.41) is 0. The summed E-state index contributed by atoms with van der Waals surface area (Å²) in [7, 11) is 1.50. The third-order valence-electron chi connectivity index (χ3n) is 11.7. The highest BCUT2D eigenvalue weighted by Crippen LogP contribution is 2.68. The number of hydrogen-bond acceptors (Lipinski definition) is 4. The lowest BCUT2D eigenvalue weighted by molar-refractivity contribution is -0.162. The van der Waals surface area contributed by atoms with Gasteiger partial charge < -0.3 is 9.47 Å². The molecule has 0 N–H and O–H groups in total. The summed E-state index contributed by atoms with van der Waals surface area (Å²) >= 11 is 0. The monoisotopic (exact) mass is 498 g/mol. The van der Waals surface area contributed by atoms with Gasteiger partial charge in [0.05, 0.1) is 7.11 Å². The van der Waals surface area contributed by atoms with Crippen LogP contribution in [0.4, 0.5) is 0 Å². The molecule has 0 aliphatic heterocycles. The van der Waals surface area contributed by atoms with Gasteiger partial charge in [-0.15, -0.1) is 12.3 Å². The van der Waals surface area contributed by atoms with Crippen LogP contribution in [0.1, 0.15) is 117 Å². The Morgan fingerprint density at radius 2 is 1.69 bits per heavy atom. The van der Waals surface area contributed by atoms with Gasteiger partial charge in [0.1, 0.15) is 6.10 Å². The molecule has 4 heteroatoms. The summed E-state index contributed by atoms with van der Waals surface area (Å²) in [6, 6.07) is 0. The molecule has 4 fully saturated rings. The van der Waals surface area contributed by atoms with E-state index in [1.165, 1.54) is 52.1 Å². The van der Waals surface area contributed by atoms with Crippen LogP contribution in [0.2, 0.25) is 0 Å². The predicted molar refractivity (Wildman–Crippen MR) is 143 cm³/mol. The van der Waals surface area contributed by atoms with E-state index in [0.29, 0.717) is 35.5 Å². The van der Waals surface area contributed by atoms with Crippen molar-refractivity contribution in [3.05, 3.63) is 0 Å². The third kappa shape index (κ3) is 5.37. The fraction of sp³-hybridized carbons (Fsp3) is 0.875. The molecule has 0 aromatic rings. The Morgan fingerprint density at radius 3 is 2.44 bits per heavy atom. The first kappa shape index (κ1) is 27.5. The summed E-state index contributed by atoms with van der Waals surface area (Å²) in [6.45, 7) is 7.55. The van der Waals surface area contributed by atoms with Gasteiger partial charge in [-0.1, -0.05) is 20.8 Å². The Hall–Kier alpha value is -1.50. The fourth-order valence-electron chi connectivity index (χ4n) is 9.69. The van der Waals surface area contributed by atoms with Gasteiger partial charge in [0.2, 0.25) is 0 Å². The van der Waals surface area contributed by atoms with Crippen LogP contribution in [0.5, 0.6) is 0 Å². The highest BCUT2D eigenvalue weighted by molar-refractivity contribution is 5.69. The standard InChI is InChI=1S/C32H50O4/c1-6-7-8-9-10-30(34)36-24-17-19-31(3)23(21-24)12-13-25-27-15-14-26(22(2)11-16-29(33)35-5)32(27,4)20-18-28(25)31/h1,22-28H,7-21H2,2-5H3/t22-,23-,24-,25+,26-,27+,28+,31+,32-/m1/s1. The molecule has 0 aromatic heterocycles. The number of fused-ring (bicyclic) bond motifs is 5. The zero-order chi connectivity index (χ0) is 25.9. The topological polar surface area (TPSA) is 52.6 Å². The van der Waals surface area contributed by atoms with Crippen LogP contribution >= 0.6 is 0 Å². The van der Waals surface area contributed by atoms with Crippen LogP contribution in [0.3, 0.4) is 0 Å². The molecule has 4 saturated carbocycles. The minimum atomic E-state index is -0.0679. The Bertz CT molecular complexity index is 829. The zero-order valence-corrected chi connectivity index (χ0v) is 23.4. The van der Waals surface area contributed by atoms with Crippen molar-refractivity contribution in [1.29, 1.82) is 0 Å². The number of esters is 2. The molecule has 9 atom stereocenters. The van der Waals surface area contributed by atoms with Crippen molar-refractivity contribution in [2.75, 3.05) is 7.11 Å². The molecule has 0 radical (unpaired) electrons. The lowest BCUT2D eigenvalue weighted by Gasteiger charge is -2.61. The molecule has 0 bridgehead atoms. The molecule has 0 amide bonds. The van der Waals surface area contributed by atoms with Crippen LogP contribution in [0.15, 0.2) is 0 Å². The number of rotatable bonds is 9. The summed E-state index contributed by atoms with van der Waals surface area (Å²) < 4.78 is 10.9. The second-order valence-corrected chi connectivity index (χ2v) is 13.3. The first-order valence-corrected chi connectivity index (χ1v) is 14.9. The van der Waals surface area contributed by atoms with Crippen LogP contribution < -0.4 is 0 Å². The van der Waals surface area contributed by atoms with Gasteiger partial charge >= 0.3 is 11.9 Å². The van der Waals surface area contributed by atoms with E-state index < -0.39 is 0 Å². The summed E-state index contributed by atoms with van der Waals surface area (Å²) in [5.74, 6) is 7.05. The number of carbonyl (C=O) groups excluding carboxylic acids is 2. The van der Waals surface area contributed by atoms with Crippen molar-refractivity contribution in [1.82, 2.24) is 0 Å². The first-order chi connectivity index (χ1) is 17.2. The molecule has 0 spiro atoms. The van der Waals surface area contributed by atoms with Crippen molar-refractivity contribution in [3.8, 4) is 12.3 Å². The second-order valence-electron chi connectivity index (χ2n) is 13.3. The molecular formula is C32H50O4. The molecule has 4 nitrogen and oxygen atoms in total. The Morgan fingerprint density at radius 1 is 0.944 bits per heavy atom. The van der Waals surface area contributed by atoms with E-state index >= 15 is 0 Å². The number of terminal acetylenes is 1. The molecule has 202 valence electrons. The van der Waals surface area contributed by atoms with E-state index in [-0.39, 0.29) is 18.0 Å². The van der Waals surface area contributed by atoms with Gasteiger partial charge in [-0.3, -0.25) is 9.59 Å². The second kappa shape index (κ2) is 11.5. The average molecular weight is 499 g/mol. The third-order valence-corrected chi connectivity index (χ3v) is 11.7. The Kier molecular flexibility index (Phi) is 8.79. The highest BCUT2D eigenvalue weighted by Gasteiger charge is 2.60. The minimum absolute atomic E-state index is 0.0268. The van der Waals surface area contributed by atoms with Gasteiger partial charge in [-0.2, -0.15) is 0 Å². The van der Waals surface area contributed by atoms with Crippen LogP contribution in [0, 0.1) is 58.7 Å². The van der Waals surface area contributed by atoms with Crippen molar-refractivity contribution in [3.63, 3.8) is 0 Å². The number of ether oxygens (including phenoxy) is 2. The predicted octanol–water partition coefficient (Wildman–Crippen LogP) is 7.34. The number of hydrogen-bond donors (Lipinski definition) is 0. The highest BCUT2D eigenvalue weighted by atomic mass is 16.5. The zero-order valence-electron chi connectivity index (χ0n) is 23.4. The Balaban J connectivity index is 1.35. The molecular weight excluding hydrogens is 448 g/mol. The fourth-order valence-corrected chi connectivity index (χ4v) is 9.69. The van der Waals surface area contributed by atoms with Crippen LogP contribution in [-0.2, 0) is 19.1 Å². The molecule has 0 heterocycles. The van der Waals surface area contributed by atoms with E-state index in [1.807, 2.05) is 0 Å². The lowest BCUT2D eigenvalue weighted by atomic mass is 9.44. The van der Waals surface area contributed by atoms with E-state index in [0.717, 1.165) is 62.2 Å². The Labute approximate surface area is 220 Å². The minimum Gasteiger partial charge on any atom is -0.469 e. The molecule has 0 unspecified atom stereocenters. The molecule has 0 saturated heterocycles. The van der Waals surface area contributed by atoms with Crippen molar-refractivity contribution in [2.45, 2.75) is 123 Å². The largest absolute Gasteiger partial charge is 0.469 e. The van der Waals surface area contributed by atoms with E-state index in [1.54, 1.807) is 0 Å². The van der Waals surface area contributed by atoms with E-state index in [4.69, 9.17) is 15.9 Å². The maximum Gasteiger partial charge on any atom is 0.306 e. The SMILES string of the molecule is C#CCCCCC(=O)O[C@@H]1CC[C@@]2(C)[C@H](CC[C@@H]3[C@@H]2CC[C@]2(C)[C@@H]([C@H](C)CCC(=O)OC)CC[C@@H]32)C1. The van der Waals surface area contributed by atoms with Crippen molar-refractivity contribution in [2.24, 2.45) is 46.3 Å². The maximum atomic E-state index is 12.4. The number of unbranched alkanes of at least 4 members (excludes halogenated alkanes) is 2. The first-order valence-electron chi connectivity index (χ1n) is 14.9. The molecule has 4 rings (SSSR count). The average Bonchev–Trinajstić information content (AvgIpc) is 3.22. The van der Waals surface area contributed by atoms with Gasteiger partial charge in [-0.25, -0.2) is 0 Å². The smallest absolute Gasteiger partial charge is 0.306 e. The van der Waals surface area contributed by atoms with E-state index in [9.17, 15) is 9.59 Å². The molecule has 4 aliphatic rings. The van der Waals surface area contributed by atoms with E-state index in [2.05, 4.69) is 26.7 Å². The number of carbonyl (C=O) groups is 2. The quantitative estimate of drug-likeness (QED) is 0.190. The summed E-state index contributed by atoms with van der Waals surface area (Å²) in [5.41, 5.74) is 0.820. The molecule has 4 aliphatic carbocycles. The molecule has 0 aromatic carbocycles. The van der Waals surface area contributed by atoms with Crippen LogP contribution in [0.25, 0.3) is 0 Å². The lowest BCUT2D eigenvalue weighted by Crippen LogP contribution is -2.54. The van der Waals surface area contributed by atoms with Crippen molar-refractivity contribution < 1.29 is 19.1 Å². The van der Waals surface area contributed by atoms with Crippen LogP contribution in [-0.4, -0.2) is 25.2 Å².